The van der Waals surface area contributed by atoms with Crippen LogP contribution in [0.15, 0.2) is 12.1 Å². The van der Waals surface area contributed by atoms with Gasteiger partial charge in [-0.05, 0) is 49.8 Å². The average Bonchev–Trinajstić information content (AvgIpc) is 3.49. The van der Waals surface area contributed by atoms with Crippen LogP contribution in [0.3, 0.4) is 0 Å². The van der Waals surface area contributed by atoms with Crippen LogP contribution in [0.25, 0.3) is 33.3 Å². The lowest BCUT2D eigenvalue weighted by Gasteiger charge is -2.39. The first kappa shape index (κ1) is 27.9. The second-order valence-electron chi connectivity index (χ2n) is 12.6. The van der Waals surface area contributed by atoms with Crippen molar-refractivity contribution >= 4 is 59.2 Å². The first-order chi connectivity index (χ1) is 19.1. The largest absolute Gasteiger partial charge is 0.390 e. The molecular formula is C28H37Cl2N7O2Si. The van der Waals surface area contributed by atoms with Gasteiger partial charge >= 0.3 is 0 Å². The Morgan fingerprint density at radius 2 is 1.80 bits per heavy atom. The normalized spacial score (nSPS) is 21.3. The minimum Gasteiger partial charge on any atom is -0.390 e. The lowest BCUT2D eigenvalue weighted by atomic mass is 9.92. The molecule has 2 bridgehead atoms. The number of aromatic nitrogens is 6. The van der Waals surface area contributed by atoms with Crippen LogP contribution in [0.1, 0.15) is 38.3 Å². The number of fused-ring (bicyclic) bond motifs is 4. The van der Waals surface area contributed by atoms with Gasteiger partial charge in [0.2, 0.25) is 0 Å². The third-order valence-corrected chi connectivity index (χ3v) is 10.8. The van der Waals surface area contributed by atoms with Gasteiger partial charge in [0.1, 0.15) is 28.8 Å². The van der Waals surface area contributed by atoms with Gasteiger partial charge in [0.25, 0.3) is 0 Å². The van der Waals surface area contributed by atoms with E-state index in [1.54, 1.807) is 16.4 Å². The molecule has 214 valence electrons. The molecule has 3 aromatic heterocycles. The highest BCUT2D eigenvalue weighted by Gasteiger charge is 2.41. The lowest BCUT2D eigenvalue weighted by Crippen LogP contribution is -2.43. The maximum absolute atomic E-state index is 10.5. The van der Waals surface area contributed by atoms with E-state index in [0.717, 1.165) is 37.5 Å². The van der Waals surface area contributed by atoms with Crippen molar-refractivity contribution in [3.63, 3.8) is 0 Å². The number of aryl methyl sites for hydroxylation is 1. The number of anilines is 1. The van der Waals surface area contributed by atoms with Gasteiger partial charge in [-0.3, -0.25) is 4.68 Å². The van der Waals surface area contributed by atoms with Crippen molar-refractivity contribution < 1.29 is 9.84 Å². The first-order valence-corrected chi connectivity index (χ1v) is 18.6. The van der Waals surface area contributed by atoms with E-state index in [-0.39, 0.29) is 13.3 Å². The molecule has 6 rings (SSSR count). The molecule has 1 aromatic carbocycles. The van der Waals surface area contributed by atoms with E-state index >= 15 is 0 Å². The predicted octanol–water partition coefficient (Wildman–Crippen LogP) is 6.26. The number of piperidine rings is 1. The molecule has 2 aliphatic heterocycles. The third-order valence-electron chi connectivity index (χ3n) is 8.31. The molecule has 4 aromatic rings. The van der Waals surface area contributed by atoms with E-state index in [0.29, 0.717) is 73.8 Å². The summed E-state index contributed by atoms with van der Waals surface area (Å²) in [5.41, 5.74) is 3.75. The number of aliphatic hydroxyl groups is 1. The molecule has 2 fully saturated rings. The van der Waals surface area contributed by atoms with E-state index in [9.17, 15) is 5.11 Å². The van der Waals surface area contributed by atoms with Crippen LogP contribution in [-0.2, 0) is 25.1 Å². The predicted molar refractivity (Wildman–Crippen MR) is 163 cm³/mol. The van der Waals surface area contributed by atoms with Crippen molar-refractivity contribution in [2.75, 3.05) is 11.5 Å². The molecule has 0 saturated carbocycles. The minimum atomic E-state index is -1.25. The maximum atomic E-state index is 10.5. The Hall–Kier alpha value is -2.24. The van der Waals surface area contributed by atoms with Crippen LogP contribution in [-0.4, -0.2) is 61.4 Å². The van der Waals surface area contributed by atoms with Crippen molar-refractivity contribution in [2.45, 2.75) is 83.7 Å². The van der Waals surface area contributed by atoms with Gasteiger partial charge in [0.05, 0.1) is 22.5 Å². The Bertz CT molecular complexity index is 1570. The van der Waals surface area contributed by atoms with Crippen LogP contribution in [0.2, 0.25) is 35.9 Å². The number of nitrogens with zero attached hydrogens (tertiary/aromatic N) is 7. The van der Waals surface area contributed by atoms with Crippen molar-refractivity contribution in [1.82, 2.24) is 29.5 Å². The van der Waals surface area contributed by atoms with Crippen molar-refractivity contribution in [2.24, 2.45) is 13.0 Å². The highest BCUT2D eigenvalue weighted by atomic mass is 35.5. The number of rotatable bonds is 8. The number of aliphatic hydroxyl groups excluding tert-OH is 1. The molecule has 0 radical (unpaired) electrons. The van der Waals surface area contributed by atoms with Crippen LogP contribution >= 0.6 is 23.2 Å². The molecule has 9 nitrogen and oxygen atoms in total. The smallest absolute Gasteiger partial charge is 0.181 e. The SMILES string of the molecule is CC1C[C@H]2CC[C@@H](C1)N2c1nc2c(nc1CO)c(-c1ccc3nn(C)c(Cl)c3c1Cl)nn2COCC[Si](C)(C)C. The molecule has 40 heavy (non-hydrogen) atoms. The van der Waals surface area contributed by atoms with Crippen LogP contribution in [0, 0.1) is 5.92 Å². The summed E-state index contributed by atoms with van der Waals surface area (Å²) >= 11 is 13.5. The standard InChI is InChI=1S/C28H37Cl2N7O2Si/c1-16-12-17-6-7-18(13-16)37(17)27-21(14-38)31-25-24(19-8-9-20-22(23(19)29)26(30)35(2)33-20)34-36(28(25)32-27)15-39-10-11-40(3,4)5/h8-9,16-18,38H,6-7,10-15H2,1-5H3/t16?,17-,18+. The third kappa shape index (κ3) is 4.91. The second-order valence-corrected chi connectivity index (χ2v) is 19.0. The Morgan fingerprint density at radius 3 is 2.48 bits per heavy atom. The van der Waals surface area contributed by atoms with Crippen LogP contribution < -0.4 is 4.90 Å². The molecule has 2 saturated heterocycles. The zero-order valence-electron chi connectivity index (χ0n) is 23.8. The second kappa shape index (κ2) is 10.5. The quantitative estimate of drug-likeness (QED) is 0.188. The van der Waals surface area contributed by atoms with Gasteiger partial charge in [0, 0.05) is 39.4 Å². The maximum Gasteiger partial charge on any atom is 0.181 e. The lowest BCUT2D eigenvalue weighted by molar-refractivity contribution is 0.0814. The summed E-state index contributed by atoms with van der Waals surface area (Å²) in [7, 11) is 0.540. The average molecular weight is 603 g/mol. The van der Waals surface area contributed by atoms with E-state index in [4.69, 9.17) is 43.0 Å². The van der Waals surface area contributed by atoms with Gasteiger partial charge in [-0.2, -0.15) is 10.2 Å². The first-order valence-electron chi connectivity index (χ1n) is 14.1. The van der Waals surface area contributed by atoms with Gasteiger partial charge in [-0.15, -0.1) is 0 Å². The van der Waals surface area contributed by atoms with Crippen molar-refractivity contribution in [3.8, 4) is 11.3 Å². The monoisotopic (exact) mass is 601 g/mol. The molecule has 0 amide bonds. The van der Waals surface area contributed by atoms with Crippen LogP contribution in [0.4, 0.5) is 5.82 Å². The van der Waals surface area contributed by atoms with E-state index < -0.39 is 8.07 Å². The van der Waals surface area contributed by atoms with Gasteiger partial charge in [-0.25, -0.2) is 14.6 Å². The van der Waals surface area contributed by atoms with Crippen LogP contribution in [0.5, 0.6) is 0 Å². The summed E-state index contributed by atoms with van der Waals surface area (Å²) in [6.07, 6.45) is 4.55. The van der Waals surface area contributed by atoms with Gasteiger partial charge < -0.3 is 14.7 Å². The zero-order chi connectivity index (χ0) is 28.3. The zero-order valence-corrected chi connectivity index (χ0v) is 26.3. The fourth-order valence-electron chi connectivity index (χ4n) is 6.31. The molecule has 2 aliphatic rings. The molecule has 3 atom stereocenters. The number of halogens is 2. The highest BCUT2D eigenvalue weighted by Crippen LogP contribution is 2.43. The molecule has 1 unspecified atom stereocenters. The fraction of sp³-hybridized carbons (Fsp3) is 0.571. The topological polar surface area (TPSA) is 94.1 Å². The number of ether oxygens (including phenoxy) is 1. The van der Waals surface area contributed by atoms with Crippen molar-refractivity contribution in [1.29, 1.82) is 0 Å². The molecule has 12 heteroatoms. The van der Waals surface area contributed by atoms with Gasteiger partial charge in [-0.1, -0.05) is 49.8 Å². The molecule has 0 aliphatic carbocycles. The van der Waals surface area contributed by atoms with E-state index in [1.165, 1.54) is 0 Å². The Balaban J connectivity index is 1.48. The Kier molecular flexibility index (Phi) is 7.36. The summed E-state index contributed by atoms with van der Waals surface area (Å²) in [6, 6.07) is 5.67. The van der Waals surface area contributed by atoms with Gasteiger partial charge in [0.15, 0.2) is 11.5 Å². The molecule has 1 N–H and O–H groups in total. The number of benzene rings is 1. The summed E-state index contributed by atoms with van der Waals surface area (Å²) in [5.74, 6) is 1.46. The number of hydrogen-bond donors (Lipinski definition) is 1. The Labute approximate surface area is 245 Å². The molecular weight excluding hydrogens is 565 g/mol. The van der Waals surface area contributed by atoms with E-state index in [1.807, 2.05) is 12.1 Å². The minimum absolute atomic E-state index is 0.206. The van der Waals surface area contributed by atoms with Crippen molar-refractivity contribution in [3.05, 3.63) is 28.0 Å². The summed E-state index contributed by atoms with van der Waals surface area (Å²) in [6.45, 7) is 10.0. The summed E-state index contributed by atoms with van der Waals surface area (Å²) in [5, 5.41) is 21.5. The fourth-order valence-corrected chi connectivity index (χ4v) is 7.68. The molecule has 5 heterocycles. The highest BCUT2D eigenvalue weighted by molar-refractivity contribution is 6.76. The Morgan fingerprint density at radius 1 is 1.07 bits per heavy atom. The molecule has 0 spiro atoms. The number of hydrogen-bond acceptors (Lipinski definition) is 7. The van der Waals surface area contributed by atoms with E-state index in [2.05, 4.69) is 36.6 Å². The summed E-state index contributed by atoms with van der Waals surface area (Å²) in [4.78, 5) is 12.6. The summed E-state index contributed by atoms with van der Waals surface area (Å²) < 4.78 is 9.51.